The molecule has 0 fully saturated rings. The van der Waals surface area contributed by atoms with Crippen molar-refractivity contribution in [3.63, 3.8) is 0 Å². The van der Waals surface area contributed by atoms with Crippen molar-refractivity contribution in [1.29, 1.82) is 0 Å². The lowest BCUT2D eigenvalue weighted by Gasteiger charge is -2.08. The molecule has 0 aliphatic carbocycles. The number of fused-ring (bicyclic) bond motifs is 1. The van der Waals surface area contributed by atoms with Crippen LogP contribution >= 0.6 is 0 Å². The highest BCUT2D eigenvalue weighted by Gasteiger charge is 2.14. The van der Waals surface area contributed by atoms with Gasteiger partial charge in [-0.05, 0) is 31.0 Å². The van der Waals surface area contributed by atoms with Crippen LogP contribution in [0.15, 0.2) is 48.5 Å². The summed E-state index contributed by atoms with van der Waals surface area (Å²) in [5.74, 6) is -0.305. The molecule has 0 saturated carbocycles. The Morgan fingerprint density at radius 1 is 1.00 bits per heavy atom. The first kappa shape index (κ1) is 16.9. The first-order valence-corrected chi connectivity index (χ1v) is 8.35. The number of amides is 1. The van der Waals surface area contributed by atoms with E-state index < -0.39 is 0 Å². The number of benzene rings is 2. The van der Waals surface area contributed by atoms with Crippen LogP contribution in [0.5, 0.6) is 0 Å². The number of carbonyl (C=O) groups is 2. The quantitative estimate of drug-likeness (QED) is 0.777. The lowest BCUT2D eigenvalue weighted by Crippen LogP contribution is -2.24. The number of aromatic nitrogens is 2. The minimum absolute atomic E-state index is 0.130. The van der Waals surface area contributed by atoms with Gasteiger partial charge in [-0.25, -0.2) is 0 Å². The summed E-state index contributed by atoms with van der Waals surface area (Å²) in [5.41, 5.74) is 3.81. The lowest BCUT2D eigenvalue weighted by molar-refractivity contribution is -0.121. The summed E-state index contributed by atoms with van der Waals surface area (Å²) in [6.45, 7) is 4.36. The van der Waals surface area contributed by atoms with Gasteiger partial charge in [0.05, 0.1) is 11.2 Å². The molecule has 0 aliphatic heterocycles. The van der Waals surface area contributed by atoms with E-state index in [1.165, 1.54) is 4.68 Å². The average molecular weight is 335 g/mol. The summed E-state index contributed by atoms with van der Waals surface area (Å²) >= 11 is 0. The van der Waals surface area contributed by atoms with Crippen LogP contribution in [0.25, 0.3) is 10.9 Å². The Morgan fingerprint density at radius 2 is 1.72 bits per heavy atom. The Bertz CT molecular complexity index is 928. The van der Waals surface area contributed by atoms with Gasteiger partial charge < -0.3 is 5.32 Å². The Morgan fingerprint density at radius 3 is 2.52 bits per heavy atom. The second kappa shape index (κ2) is 7.30. The first-order chi connectivity index (χ1) is 12.1. The van der Waals surface area contributed by atoms with Crippen LogP contribution in [0.3, 0.4) is 0 Å². The number of hydrogen-bond donors (Lipinski definition) is 1. The van der Waals surface area contributed by atoms with E-state index in [2.05, 4.69) is 10.4 Å². The molecule has 1 heterocycles. The zero-order valence-electron chi connectivity index (χ0n) is 14.5. The van der Waals surface area contributed by atoms with Gasteiger partial charge in [0.15, 0.2) is 0 Å². The van der Waals surface area contributed by atoms with Gasteiger partial charge >= 0.3 is 0 Å². The van der Waals surface area contributed by atoms with Crippen LogP contribution in [0.4, 0.5) is 0 Å². The summed E-state index contributed by atoms with van der Waals surface area (Å²) in [5, 5.41) is 8.13. The second-order valence-corrected chi connectivity index (χ2v) is 6.11. The first-order valence-electron chi connectivity index (χ1n) is 8.35. The molecular weight excluding hydrogens is 314 g/mol. The van der Waals surface area contributed by atoms with E-state index in [9.17, 15) is 9.59 Å². The van der Waals surface area contributed by atoms with E-state index in [4.69, 9.17) is 0 Å². The Balaban J connectivity index is 1.58. The minimum atomic E-state index is -0.171. The fraction of sp³-hybridized carbons (Fsp3) is 0.250. The van der Waals surface area contributed by atoms with E-state index >= 15 is 0 Å². The van der Waals surface area contributed by atoms with Crippen LogP contribution < -0.4 is 5.32 Å². The molecule has 5 nitrogen and oxygen atoms in total. The van der Waals surface area contributed by atoms with Crippen molar-refractivity contribution in [2.75, 3.05) is 0 Å². The zero-order chi connectivity index (χ0) is 17.8. The largest absolute Gasteiger partial charge is 0.352 e. The molecule has 3 rings (SSSR count). The molecule has 3 aromatic rings. The Hall–Kier alpha value is -2.95. The highest BCUT2D eigenvalue weighted by molar-refractivity contribution is 5.93. The van der Waals surface area contributed by atoms with Crippen molar-refractivity contribution in [1.82, 2.24) is 15.1 Å². The standard InChI is InChI=1S/C20H21N3O2/c1-14-7-3-4-8-16(14)13-21-19(24)11-12-20(25)23-18-10-6-5-9-17(18)15(2)22-23/h3-10H,11-13H2,1-2H3,(H,21,24). The van der Waals surface area contributed by atoms with Gasteiger partial charge in [0, 0.05) is 24.8 Å². The highest BCUT2D eigenvalue weighted by Crippen LogP contribution is 2.18. The number of aryl methyl sites for hydroxylation is 2. The summed E-state index contributed by atoms with van der Waals surface area (Å²) in [7, 11) is 0. The second-order valence-electron chi connectivity index (χ2n) is 6.11. The van der Waals surface area contributed by atoms with Crippen molar-refractivity contribution in [3.8, 4) is 0 Å². The Labute approximate surface area is 146 Å². The number of rotatable bonds is 5. The Kier molecular flexibility index (Phi) is 4.93. The van der Waals surface area contributed by atoms with Crippen molar-refractivity contribution in [2.24, 2.45) is 0 Å². The van der Waals surface area contributed by atoms with Gasteiger partial charge in [-0.1, -0.05) is 42.5 Å². The number of para-hydroxylation sites is 1. The third-order valence-electron chi connectivity index (χ3n) is 4.31. The van der Waals surface area contributed by atoms with Crippen LogP contribution in [0.1, 0.15) is 34.5 Å². The van der Waals surface area contributed by atoms with Crippen LogP contribution in [-0.2, 0) is 11.3 Å². The maximum atomic E-state index is 12.4. The molecule has 0 bridgehead atoms. The predicted molar refractivity (Wildman–Crippen MR) is 97.4 cm³/mol. The maximum Gasteiger partial charge on any atom is 0.247 e. The molecule has 0 saturated heterocycles. The number of carbonyl (C=O) groups excluding carboxylic acids is 2. The fourth-order valence-electron chi connectivity index (χ4n) is 2.83. The molecule has 0 aliphatic rings. The summed E-state index contributed by atoms with van der Waals surface area (Å²) < 4.78 is 1.40. The fourth-order valence-corrected chi connectivity index (χ4v) is 2.83. The van der Waals surface area contributed by atoms with Gasteiger partial charge in [0.2, 0.25) is 11.8 Å². The average Bonchev–Trinajstić information content (AvgIpc) is 2.96. The molecule has 5 heteroatoms. The van der Waals surface area contributed by atoms with E-state index in [-0.39, 0.29) is 24.7 Å². The van der Waals surface area contributed by atoms with E-state index in [1.807, 2.05) is 62.4 Å². The summed E-state index contributed by atoms with van der Waals surface area (Å²) in [6, 6.07) is 15.5. The number of nitrogens with one attached hydrogen (secondary N) is 1. The maximum absolute atomic E-state index is 12.4. The van der Waals surface area contributed by atoms with Crippen molar-refractivity contribution < 1.29 is 9.59 Å². The monoisotopic (exact) mass is 335 g/mol. The third kappa shape index (κ3) is 3.76. The van der Waals surface area contributed by atoms with Gasteiger partial charge in [0.1, 0.15) is 0 Å². The van der Waals surface area contributed by atoms with Gasteiger partial charge in [-0.2, -0.15) is 9.78 Å². The molecule has 0 radical (unpaired) electrons. The molecular formula is C20H21N3O2. The van der Waals surface area contributed by atoms with Crippen LogP contribution in [0, 0.1) is 13.8 Å². The summed E-state index contributed by atoms with van der Waals surface area (Å²) in [6.07, 6.45) is 0.280. The van der Waals surface area contributed by atoms with Crippen molar-refractivity contribution in [3.05, 3.63) is 65.4 Å². The molecule has 25 heavy (non-hydrogen) atoms. The molecule has 0 atom stereocenters. The molecule has 2 aromatic carbocycles. The predicted octanol–water partition coefficient (Wildman–Crippen LogP) is 3.39. The van der Waals surface area contributed by atoms with E-state index in [0.29, 0.717) is 6.54 Å². The van der Waals surface area contributed by atoms with E-state index in [0.717, 1.165) is 27.7 Å². The highest BCUT2D eigenvalue weighted by atomic mass is 16.2. The minimum Gasteiger partial charge on any atom is -0.352 e. The number of nitrogens with zero attached hydrogens (tertiary/aromatic N) is 2. The van der Waals surface area contributed by atoms with Gasteiger partial charge in [0.25, 0.3) is 0 Å². The van der Waals surface area contributed by atoms with E-state index in [1.54, 1.807) is 0 Å². The smallest absolute Gasteiger partial charge is 0.247 e. The molecule has 128 valence electrons. The number of hydrogen-bond acceptors (Lipinski definition) is 3. The van der Waals surface area contributed by atoms with Crippen LogP contribution in [-0.4, -0.2) is 21.6 Å². The molecule has 0 spiro atoms. The normalized spacial score (nSPS) is 10.8. The van der Waals surface area contributed by atoms with Gasteiger partial charge in [-0.15, -0.1) is 0 Å². The molecule has 1 N–H and O–H groups in total. The summed E-state index contributed by atoms with van der Waals surface area (Å²) in [4.78, 5) is 24.5. The topological polar surface area (TPSA) is 64.0 Å². The molecule has 0 unspecified atom stereocenters. The molecule has 1 aromatic heterocycles. The lowest BCUT2D eigenvalue weighted by atomic mass is 10.1. The van der Waals surface area contributed by atoms with Crippen LogP contribution in [0.2, 0.25) is 0 Å². The SMILES string of the molecule is Cc1ccccc1CNC(=O)CCC(=O)n1nc(C)c2ccccc21. The zero-order valence-corrected chi connectivity index (χ0v) is 14.5. The molecule has 1 amide bonds. The third-order valence-corrected chi connectivity index (χ3v) is 4.31. The van der Waals surface area contributed by atoms with Gasteiger partial charge in [-0.3, -0.25) is 9.59 Å². The van der Waals surface area contributed by atoms with Crippen molar-refractivity contribution >= 4 is 22.7 Å². The van der Waals surface area contributed by atoms with Crippen molar-refractivity contribution in [2.45, 2.75) is 33.2 Å².